The van der Waals surface area contributed by atoms with Crippen LogP contribution in [0.3, 0.4) is 0 Å². The molecule has 1 saturated carbocycles. The first-order chi connectivity index (χ1) is 9.58. The van der Waals surface area contributed by atoms with Crippen LogP contribution in [-0.2, 0) is 15.0 Å². The predicted molar refractivity (Wildman–Crippen MR) is 75.9 cm³/mol. The number of fused-ring (bicyclic) bond motifs is 2. The normalized spacial score (nSPS) is 26.7. The smallest absolute Gasteiger partial charge is 0.255 e. The second kappa shape index (κ2) is 4.06. The van der Waals surface area contributed by atoms with Crippen LogP contribution in [-0.4, -0.2) is 36.9 Å². The number of aryl methyl sites for hydroxylation is 1. The van der Waals surface area contributed by atoms with Crippen molar-refractivity contribution in [2.75, 3.05) is 20.3 Å². The van der Waals surface area contributed by atoms with E-state index in [1.807, 2.05) is 18.9 Å². The van der Waals surface area contributed by atoms with Crippen LogP contribution in [0.25, 0.3) is 0 Å². The zero-order valence-corrected chi connectivity index (χ0v) is 12.7. The summed E-state index contributed by atoms with van der Waals surface area (Å²) in [5, 5.41) is 2.12. The highest BCUT2D eigenvalue weighted by Crippen LogP contribution is 2.54. The molecule has 0 bridgehead atoms. The van der Waals surface area contributed by atoms with E-state index >= 15 is 0 Å². The lowest BCUT2D eigenvalue weighted by Crippen LogP contribution is -2.48. The van der Waals surface area contributed by atoms with Crippen molar-refractivity contribution in [2.24, 2.45) is 0 Å². The van der Waals surface area contributed by atoms with Gasteiger partial charge in [-0.2, -0.15) is 0 Å². The van der Waals surface area contributed by atoms with Crippen molar-refractivity contribution >= 4 is 17.2 Å². The number of carbonyl (C=O) groups excluding carboxylic acids is 1. The minimum Gasteiger partial charge on any atom is -0.348 e. The Kier molecular flexibility index (Phi) is 2.60. The molecule has 1 saturated heterocycles. The van der Waals surface area contributed by atoms with Crippen LogP contribution in [0.1, 0.15) is 46.5 Å². The van der Waals surface area contributed by atoms with E-state index in [0.29, 0.717) is 13.2 Å². The average Bonchev–Trinajstić information content (AvgIpc) is 3.10. The van der Waals surface area contributed by atoms with Gasteiger partial charge in [-0.15, -0.1) is 11.3 Å². The Bertz CT molecular complexity index is 564. The highest BCUT2D eigenvalue weighted by molar-refractivity contribution is 7.10. The Morgan fingerprint density at radius 3 is 2.50 bits per heavy atom. The summed E-state index contributed by atoms with van der Waals surface area (Å²) >= 11 is 1.74. The maximum absolute atomic E-state index is 12.5. The third-order valence-electron chi connectivity index (χ3n) is 5.21. The van der Waals surface area contributed by atoms with E-state index in [1.54, 1.807) is 11.3 Å². The molecule has 2 fully saturated rings. The van der Waals surface area contributed by atoms with Crippen LogP contribution in [0.5, 0.6) is 0 Å². The Labute approximate surface area is 122 Å². The van der Waals surface area contributed by atoms with E-state index in [1.165, 1.54) is 4.88 Å². The van der Waals surface area contributed by atoms with Gasteiger partial charge in [0.2, 0.25) is 0 Å². The van der Waals surface area contributed by atoms with Crippen LogP contribution >= 0.6 is 11.3 Å². The van der Waals surface area contributed by atoms with E-state index in [4.69, 9.17) is 9.47 Å². The largest absolute Gasteiger partial charge is 0.348 e. The average molecular weight is 293 g/mol. The molecular formula is C15H19NO3S. The SMILES string of the molecule is Cc1csc2c1C(=O)N(C)C21CCC2(CC1)OCCO2. The molecule has 0 unspecified atom stereocenters. The number of nitrogens with zero attached hydrogens (tertiary/aromatic N) is 1. The third-order valence-corrected chi connectivity index (χ3v) is 6.50. The van der Waals surface area contributed by atoms with Gasteiger partial charge in [0, 0.05) is 24.8 Å². The van der Waals surface area contributed by atoms with E-state index < -0.39 is 0 Å². The lowest BCUT2D eigenvalue weighted by Gasteiger charge is -2.45. The molecule has 1 amide bonds. The summed E-state index contributed by atoms with van der Waals surface area (Å²) in [4.78, 5) is 15.8. The molecule has 4 nitrogen and oxygen atoms in total. The number of amides is 1. The van der Waals surface area contributed by atoms with Crippen molar-refractivity contribution in [3.05, 3.63) is 21.4 Å². The molecule has 1 aromatic heterocycles. The number of rotatable bonds is 0. The highest BCUT2D eigenvalue weighted by atomic mass is 32.1. The molecule has 2 aliphatic heterocycles. The zero-order valence-electron chi connectivity index (χ0n) is 11.9. The summed E-state index contributed by atoms with van der Waals surface area (Å²) < 4.78 is 11.6. The maximum atomic E-state index is 12.5. The van der Waals surface area contributed by atoms with Crippen molar-refractivity contribution in [1.82, 2.24) is 4.90 Å². The van der Waals surface area contributed by atoms with Gasteiger partial charge in [0.1, 0.15) is 0 Å². The van der Waals surface area contributed by atoms with Crippen molar-refractivity contribution in [1.29, 1.82) is 0 Å². The Hall–Kier alpha value is -0.910. The minimum absolute atomic E-state index is 0.119. The van der Waals surface area contributed by atoms with Gasteiger partial charge >= 0.3 is 0 Å². The molecule has 3 heterocycles. The lowest BCUT2D eigenvalue weighted by atomic mass is 9.77. The minimum atomic E-state index is -0.371. The predicted octanol–water partition coefficient (Wildman–Crippen LogP) is 2.65. The molecule has 0 aromatic carbocycles. The van der Waals surface area contributed by atoms with Crippen LogP contribution in [0.15, 0.2) is 5.38 Å². The lowest BCUT2D eigenvalue weighted by molar-refractivity contribution is -0.191. The first-order valence-corrected chi connectivity index (χ1v) is 8.11. The van der Waals surface area contributed by atoms with Gasteiger partial charge in [0.15, 0.2) is 5.79 Å². The molecule has 3 aliphatic rings. The van der Waals surface area contributed by atoms with Crippen LogP contribution in [0.4, 0.5) is 0 Å². The first-order valence-electron chi connectivity index (χ1n) is 7.23. The summed E-state index contributed by atoms with van der Waals surface area (Å²) in [5.41, 5.74) is 1.94. The fourth-order valence-electron chi connectivity index (χ4n) is 3.96. The van der Waals surface area contributed by atoms with Crippen molar-refractivity contribution in [3.63, 3.8) is 0 Å². The van der Waals surface area contributed by atoms with Crippen LogP contribution in [0, 0.1) is 6.92 Å². The summed E-state index contributed by atoms with van der Waals surface area (Å²) in [5.74, 6) is -0.188. The van der Waals surface area contributed by atoms with Crippen molar-refractivity contribution < 1.29 is 14.3 Å². The fourth-order valence-corrected chi connectivity index (χ4v) is 5.30. The van der Waals surface area contributed by atoms with Crippen molar-refractivity contribution in [2.45, 2.75) is 43.9 Å². The van der Waals surface area contributed by atoms with E-state index in [9.17, 15) is 4.79 Å². The molecule has 1 aliphatic carbocycles. The fraction of sp³-hybridized carbons (Fsp3) is 0.667. The molecule has 2 spiro atoms. The second-order valence-corrected chi connectivity index (χ2v) is 7.01. The molecule has 5 heteroatoms. The van der Waals surface area contributed by atoms with Gasteiger partial charge in [0.25, 0.3) is 5.91 Å². The molecular weight excluding hydrogens is 274 g/mol. The maximum Gasteiger partial charge on any atom is 0.255 e. The second-order valence-electron chi connectivity index (χ2n) is 6.13. The highest BCUT2D eigenvalue weighted by Gasteiger charge is 2.55. The summed E-state index contributed by atoms with van der Waals surface area (Å²) in [7, 11) is 1.95. The molecule has 4 rings (SSSR count). The molecule has 0 radical (unpaired) electrons. The van der Waals surface area contributed by atoms with Gasteiger partial charge in [-0.05, 0) is 30.7 Å². The van der Waals surface area contributed by atoms with Gasteiger partial charge in [-0.1, -0.05) is 0 Å². The number of ether oxygens (including phenoxy) is 2. The topological polar surface area (TPSA) is 38.8 Å². The summed E-state index contributed by atoms with van der Waals surface area (Å²) in [6, 6.07) is 0. The summed E-state index contributed by atoms with van der Waals surface area (Å²) in [6.07, 6.45) is 3.62. The van der Waals surface area contributed by atoms with Gasteiger partial charge in [-0.3, -0.25) is 4.79 Å². The Balaban J connectivity index is 1.70. The van der Waals surface area contributed by atoms with Gasteiger partial charge < -0.3 is 14.4 Å². The number of hydrogen-bond acceptors (Lipinski definition) is 4. The standard InChI is InChI=1S/C15H19NO3S/c1-10-9-20-12-11(10)13(17)16(2)14(12)3-5-15(6-4-14)18-7-8-19-15/h9H,3-8H2,1-2H3. The molecule has 108 valence electrons. The van der Waals surface area contributed by atoms with Crippen molar-refractivity contribution in [3.8, 4) is 0 Å². The molecule has 0 N–H and O–H groups in total. The van der Waals surface area contributed by atoms with Crippen LogP contribution in [0.2, 0.25) is 0 Å². The molecule has 20 heavy (non-hydrogen) atoms. The zero-order chi connectivity index (χ0) is 14.0. The first kappa shape index (κ1) is 12.8. The van der Waals surface area contributed by atoms with Gasteiger partial charge in [0.05, 0.1) is 24.3 Å². The third kappa shape index (κ3) is 1.46. The monoisotopic (exact) mass is 293 g/mol. The quantitative estimate of drug-likeness (QED) is 0.738. The number of carbonyl (C=O) groups is 1. The molecule has 0 atom stereocenters. The van der Waals surface area contributed by atoms with E-state index in [0.717, 1.165) is 36.8 Å². The Morgan fingerprint density at radius 2 is 1.85 bits per heavy atom. The summed E-state index contributed by atoms with van der Waals surface area (Å²) in [6.45, 7) is 3.43. The molecule has 1 aromatic rings. The van der Waals surface area contributed by atoms with E-state index in [2.05, 4.69) is 5.38 Å². The van der Waals surface area contributed by atoms with Gasteiger partial charge in [-0.25, -0.2) is 0 Å². The van der Waals surface area contributed by atoms with E-state index in [-0.39, 0.29) is 17.2 Å². The number of thiophene rings is 1. The Morgan fingerprint density at radius 1 is 1.20 bits per heavy atom. The number of hydrogen-bond donors (Lipinski definition) is 0. The van der Waals surface area contributed by atoms with Crippen LogP contribution < -0.4 is 0 Å².